The van der Waals surface area contributed by atoms with Crippen LogP contribution in [-0.2, 0) is 10.8 Å². The SMILES string of the molecule is CC1(C)c2ccccc2-c2c(-c3ccc(N(c4ccccc4-c4cccc5cccc(-c6ccccc6)c45)c4cccc5c4-c4ccccc4C5(c4ccccc4)c4ccccc4)cc3)cccc21. The van der Waals surface area contributed by atoms with E-state index in [1.807, 2.05) is 0 Å². The van der Waals surface area contributed by atoms with Gasteiger partial charge in [0.1, 0.15) is 0 Å². The first kappa shape index (κ1) is 40.7. The molecule has 0 atom stereocenters. The topological polar surface area (TPSA) is 3.24 Å². The first-order valence-corrected chi connectivity index (χ1v) is 24.2. The van der Waals surface area contributed by atoms with Crippen LogP contribution in [0.1, 0.15) is 47.2 Å². The second-order valence-electron chi connectivity index (χ2n) is 19.1. The van der Waals surface area contributed by atoms with Crippen LogP contribution in [0.5, 0.6) is 0 Å². The predicted octanol–water partition coefficient (Wildman–Crippen LogP) is 18.0. The largest absolute Gasteiger partial charge is 0.309 e. The van der Waals surface area contributed by atoms with E-state index in [1.54, 1.807) is 0 Å². The second kappa shape index (κ2) is 16.1. The number of hydrogen-bond donors (Lipinski definition) is 0. The first-order valence-electron chi connectivity index (χ1n) is 24.2. The van der Waals surface area contributed by atoms with Crippen LogP contribution in [0.3, 0.4) is 0 Å². The Kier molecular flexibility index (Phi) is 9.49. The normalized spacial score (nSPS) is 13.6. The number of para-hydroxylation sites is 1. The Labute approximate surface area is 405 Å². The molecule has 0 N–H and O–H groups in total. The number of hydrogen-bond acceptors (Lipinski definition) is 1. The van der Waals surface area contributed by atoms with Gasteiger partial charge in [-0.15, -0.1) is 0 Å². The summed E-state index contributed by atoms with van der Waals surface area (Å²) in [5.41, 5.74) is 22.9. The number of rotatable bonds is 8. The molecule has 13 rings (SSSR count). The lowest BCUT2D eigenvalue weighted by atomic mass is 9.68. The van der Waals surface area contributed by atoms with E-state index in [9.17, 15) is 0 Å². The maximum absolute atomic E-state index is 2.54. The minimum atomic E-state index is -0.544. The number of anilines is 3. The van der Waals surface area contributed by atoms with Gasteiger partial charge in [0.25, 0.3) is 0 Å². The third-order valence-corrected chi connectivity index (χ3v) is 15.2. The molecule has 11 aromatic carbocycles. The zero-order valence-corrected chi connectivity index (χ0v) is 38.8. The molecule has 69 heavy (non-hydrogen) atoms. The van der Waals surface area contributed by atoms with Crippen molar-refractivity contribution in [2.75, 3.05) is 4.90 Å². The minimum Gasteiger partial charge on any atom is -0.309 e. The van der Waals surface area contributed by atoms with E-state index < -0.39 is 5.41 Å². The fraction of sp³-hybridized carbons (Fsp3) is 0.0588. The molecule has 0 spiro atoms. The van der Waals surface area contributed by atoms with Crippen molar-refractivity contribution >= 4 is 27.8 Å². The summed E-state index contributed by atoms with van der Waals surface area (Å²) < 4.78 is 0. The summed E-state index contributed by atoms with van der Waals surface area (Å²) in [5.74, 6) is 0. The fourth-order valence-electron chi connectivity index (χ4n) is 12.2. The van der Waals surface area contributed by atoms with Gasteiger partial charge in [-0.3, -0.25) is 0 Å². The quantitative estimate of drug-likeness (QED) is 0.147. The van der Waals surface area contributed by atoms with E-state index in [4.69, 9.17) is 0 Å². The summed E-state index contributed by atoms with van der Waals surface area (Å²) in [4.78, 5) is 2.54. The molecule has 1 nitrogen and oxygen atoms in total. The van der Waals surface area contributed by atoms with E-state index in [0.717, 1.165) is 22.6 Å². The van der Waals surface area contributed by atoms with Gasteiger partial charge in [0.2, 0.25) is 0 Å². The van der Waals surface area contributed by atoms with E-state index >= 15 is 0 Å². The van der Waals surface area contributed by atoms with Crippen molar-refractivity contribution in [3.8, 4) is 55.6 Å². The van der Waals surface area contributed by atoms with E-state index in [0.29, 0.717) is 0 Å². The highest BCUT2D eigenvalue weighted by Gasteiger charge is 2.47. The first-order chi connectivity index (χ1) is 34.0. The maximum atomic E-state index is 2.54. The van der Waals surface area contributed by atoms with Crippen LogP contribution in [0, 0.1) is 0 Å². The Morgan fingerprint density at radius 3 is 1.45 bits per heavy atom. The van der Waals surface area contributed by atoms with Crippen molar-refractivity contribution < 1.29 is 0 Å². The van der Waals surface area contributed by atoms with Gasteiger partial charge in [0, 0.05) is 22.2 Å². The van der Waals surface area contributed by atoms with Crippen LogP contribution in [0.4, 0.5) is 17.1 Å². The van der Waals surface area contributed by atoms with E-state index in [-0.39, 0.29) is 5.41 Å². The molecule has 2 aliphatic rings. The summed E-state index contributed by atoms with van der Waals surface area (Å²) >= 11 is 0. The van der Waals surface area contributed by atoms with Crippen molar-refractivity contribution in [3.05, 3.63) is 294 Å². The molecule has 0 amide bonds. The molecule has 0 unspecified atom stereocenters. The fourth-order valence-corrected chi connectivity index (χ4v) is 12.2. The van der Waals surface area contributed by atoms with Crippen LogP contribution in [0.25, 0.3) is 66.4 Å². The van der Waals surface area contributed by atoms with Crippen molar-refractivity contribution in [1.29, 1.82) is 0 Å². The average molecular weight is 880 g/mol. The smallest absolute Gasteiger partial charge is 0.0714 e. The Morgan fingerprint density at radius 1 is 0.290 bits per heavy atom. The third-order valence-electron chi connectivity index (χ3n) is 15.2. The second-order valence-corrected chi connectivity index (χ2v) is 19.1. The van der Waals surface area contributed by atoms with Crippen molar-refractivity contribution in [2.45, 2.75) is 24.7 Å². The molecule has 0 aliphatic heterocycles. The Balaban J connectivity index is 1.08. The lowest BCUT2D eigenvalue weighted by Gasteiger charge is -2.34. The van der Waals surface area contributed by atoms with Crippen molar-refractivity contribution in [2.24, 2.45) is 0 Å². The van der Waals surface area contributed by atoms with Gasteiger partial charge < -0.3 is 4.90 Å². The van der Waals surface area contributed by atoms with Gasteiger partial charge in [0.15, 0.2) is 0 Å². The van der Waals surface area contributed by atoms with Crippen molar-refractivity contribution in [1.82, 2.24) is 0 Å². The molecule has 326 valence electrons. The number of fused-ring (bicyclic) bond motifs is 7. The van der Waals surface area contributed by atoms with Gasteiger partial charge in [0.05, 0.1) is 16.8 Å². The zero-order valence-electron chi connectivity index (χ0n) is 38.8. The minimum absolute atomic E-state index is 0.0803. The lowest BCUT2D eigenvalue weighted by Crippen LogP contribution is -2.28. The van der Waals surface area contributed by atoms with E-state index in [1.165, 1.54) is 94.2 Å². The highest BCUT2D eigenvalue weighted by atomic mass is 15.1. The Hall–Kier alpha value is -8.52. The Morgan fingerprint density at radius 2 is 0.754 bits per heavy atom. The third kappa shape index (κ3) is 6.17. The molecular weight excluding hydrogens is 831 g/mol. The molecule has 2 aliphatic carbocycles. The molecular formula is C68H49N. The molecule has 0 saturated carbocycles. The Bertz CT molecular complexity index is 3690. The average Bonchev–Trinajstić information content (AvgIpc) is 3.85. The van der Waals surface area contributed by atoms with Gasteiger partial charge in [-0.05, 0) is 113 Å². The van der Waals surface area contributed by atoms with Crippen LogP contribution in [-0.4, -0.2) is 0 Å². The van der Waals surface area contributed by atoms with Crippen LogP contribution in [0.15, 0.2) is 261 Å². The summed E-state index contributed by atoms with van der Waals surface area (Å²) in [6.45, 7) is 4.72. The standard InChI is InChI=1S/C68H49N/c1-67(2)58-36-15-12-31-56(58)65-53(34-20-38-60(65)67)47-42-44-51(45-43-47)69(62-40-17-14-30-54(62)55-35-19-25-48-24-18-33-52(64(48)55)46-22-6-3-7-23-46)63-41-21-39-61-66(63)57-32-13-16-37-59(57)68(61,49-26-8-4-9-27-49)50-28-10-5-11-29-50/h3-45H,1-2H3. The summed E-state index contributed by atoms with van der Waals surface area (Å²) in [6.07, 6.45) is 0. The number of benzene rings is 11. The molecule has 0 saturated heterocycles. The summed E-state index contributed by atoms with van der Waals surface area (Å²) in [6, 6.07) is 96.8. The summed E-state index contributed by atoms with van der Waals surface area (Å²) in [7, 11) is 0. The zero-order chi connectivity index (χ0) is 46.1. The van der Waals surface area contributed by atoms with Crippen molar-refractivity contribution in [3.63, 3.8) is 0 Å². The monoisotopic (exact) mass is 879 g/mol. The van der Waals surface area contributed by atoms with Gasteiger partial charge in [-0.25, -0.2) is 0 Å². The molecule has 0 aromatic heterocycles. The highest BCUT2D eigenvalue weighted by Crippen LogP contribution is 2.60. The summed E-state index contributed by atoms with van der Waals surface area (Å²) in [5, 5.41) is 2.45. The molecule has 0 bridgehead atoms. The molecule has 0 fully saturated rings. The molecule has 11 aromatic rings. The molecule has 0 heterocycles. The van der Waals surface area contributed by atoms with Crippen LogP contribution in [0.2, 0.25) is 0 Å². The molecule has 1 heteroatoms. The lowest BCUT2D eigenvalue weighted by molar-refractivity contribution is 0.660. The van der Waals surface area contributed by atoms with Gasteiger partial charge in [-0.2, -0.15) is 0 Å². The highest BCUT2D eigenvalue weighted by molar-refractivity contribution is 6.09. The maximum Gasteiger partial charge on any atom is 0.0714 e. The number of nitrogens with zero attached hydrogens (tertiary/aromatic N) is 1. The molecule has 0 radical (unpaired) electrons. The predicted molar refractivity (Wildman–Crippen MR) is 290 cm³/mol. The van der Waals surface area contributed by atoms with Gasteiger partial charge in [-0.1, -0.05) is 250 Å². The van der Waals surface area contributed by atoms with E-state index in [2.05, 4.69) is 280 Å². The van der Waals surface area contributed by atoms with Crippen LogP contribution < -0.4 is 4.90 Å². The van der Waals surface area contributed by atoms with Crippen LogP contribution >= 0.6 is 0 Å². The van der Waals surface area contributed by atoms with Gasteiger partial charge >= 0.3 is 0 Å².